The maximum absolute atomic E-state index is 12.4. The summed E-state index contributed by atoms with van der Waals surface area (Å²) in [7, 11) is 1.81. The molecule has 2 atom stereocenters. The molecule has 104 valence electrons. The minimum Gasteiger partial charge on any atom is -0.389 e. The molecule has 1 N–H and O–H groups in total. The third-order valence-electron chi connectivity index (χ3n) is 4.67. The second-order valence-corrected chi connectivity index (χ2v) is 5.95. The first-order valence-corrected chi connectivity index (χ1v) is 7.09. The van der Waals surface area contributed by atoms with Gasteiger partial charge in [0.2, 0.25) is 0 Å². The summed E-state index contributed by atoms with van der Waals surface area (Å²) in [6.07, 6.45) is 8.29. The number of aliphatic hydroxyl groups is 1. The van der Waals surface area contributed by atoms with E-state index in [-0.39, 0.29) is 11.8 Å². The topological polar surface area (TPSA) is 58.4 Å². The van der Waals surface area contributed by atoms with Crippen LogP contribution in [0.2, 0.25) is 0 Å². The number of nitrogens with zero attached hydrogens (tertiary/aromatic N) is 3. The number of piperidine rings is 1. The molecule has 3 rings (SSSR count). The number of aromatic nitrogens is 2. The average Bonchev–Trinajstić information content (AvgIpc) is 2.83. The van der Waals surface area contributed by atoms with Crippen molar-refractivity contribution in [2.24, 2.45) is 13.0 Å². The molecule has 1 aliphatic carbocycles. The maximum atomic E-state index is 12.4. The molecule has 2 heterocycles. The van der Waals surface area contributed by atoms with Gasteiger partial charge in [0.25, 0.3) is 5.91 Å². The molecule has 2 unspecified atom stereocenters. The van der Waals surface area contributed by atoms with Crippen LogP contribution in [0.15, 0.2) is 12.4 Å². The Hall–Kier alpha value is -1.36. The molecule has 1 aliphatic heterocycles. The van der Waals surface area contributed by atoms with E-state index in [0.717, 1.165) is 19.3 Å². The number of fused-ring (bicyclic) bond motifs is 1. The first-order valence-electron chi connectivity index (χ1n) is 7.09. The van der Waals surface area contributed by atoms with E-state index < -0.39 is 5.60 Å². The van der Waals surface area contributed by atoms with Gasteiger partial charge in [-0.1, -0.05) is 12.8 Å². The highest BCUT2D eigenvalue weighted by Crippen LogP contribution is 2.39. The molecule has 1 amide bonds. The highest BCUT2D eigenvalue weighted by molar-refractivity contribution is 5.93. The van der Waals surface area contributed by atoms with Crippen molar-refractivity contribution in [3.63, 3.8) is 0 Å². The number of carbonyl (C=O) groups is 1. The predicted molar refractivity (Wildman–Crippen MR) is 70.6 cm³/mol. The Kier molecular flexibility index (Phi) is 3.09. The van der Waals surface area contributed by atoms with Gasteiger partial charge in [-0.3, -0.25) is 9.48 Å². The number of amides is 1. The van der Waals surface area contributed by atoms with Gasteiger partial charge in [0.05, 0.1) is 17.4 Å². The summed E-state index contributed by atoms with van der Waals surface area (Å²) in [5.74, 6) is 0.288. The van der Waals surface area contributed by atoms with Crippen LogP contribution in [0.3, 0.4) is 0 Å². The maximum Gasteiger partial charge on any atom is 0.257 e. The van der Waals surface area contributed by atoms with Crippen LogP contribution in [0.25, 0.3) is 0 Å². The second-order valence-electron chi connectivity index (χ2n) is 5.95. The van der Waals surface area contributed by atoms with Gasteiger partial charge in [0.15, 0.2) is 0 Å². The van der Waals surface area contributed by atoms with E-state index in [2.05, 4.69) is 5.10 Å². The minimum absolute atomic E-state index is 0.0423. The van der Waals surface area contributed by atoms with Crippen molar-refractivity contribution in [2.45, 2.75) is 37.7 Å². The molecule has 0 bridgehead atoms. The highest BCUT2D eigenvalue weighted by Gasteiger charge is 2.43. The van der Waals surface area contributed by atoms with E-state index in [1.807, 2.05) is 11.9 Å². The zero-order chi connectivity index (χ0) is 13.5. The van der Waals surface area contributed by atoms with Crippen molar-refractivity contribution in [2.75, 3.05) is 13.1 Å². The molecular formula is C14H21N3O2. The summed E-state index contributed by atoms with van der Waals surface area (Å²) in [4.78, 5) is 14.3. The van der Waals surface area contributed by atoms with Crippen LogP contribution < -0.4 is 0 Å². The van der Waals surface area contributed by atoms with Gasteiger partial charge in [0, 0.05) is 32.3 Å². The number of aryl methyl sites for hydroxylation is 1. The molecule has 0 aromatic carbocycles. The summed E-state index contributed by atoms with van der Waals surface area (Å²) in [5, 5.41) is 14.7. The summed E-state index contributed by atoms with van der Waals surface area (Å²) in [5.41, 5.74) is 0.119. The van der Waals surface area contributed by atoms with Gasteiger partial charge < -0.3 is 10.0 Å². The normalized spacial score (nSPS) is 31.1. The van der Waals surface area contributed by atoms with Gasteiger partial charge in [-0.2, -0.15) is 5.10 Å². The van der Waals surface area contributed by atoms with Crippen LogP contribution in [0.1, 0.15) is 42.5 Å². The van der Waals surface area contributed by atoms with Crippen LogP contribution in [0.4, 0.5) is 0 Å². The summed E-state index contributed by atoms with van der Waals surface area (Å²) in [6, 6.07) is 0. The van der Waals surface area contributed by atoms with E-state index in [1.54, 1.807) is 17.1 Å². The lowest BCUT2D eigenvalue weighted by atomic mass is 9.71. The molecule has 2 aliphatic rings. The Morgan fingerprint density at radius 2 is 2.32 bits per heavy atom. The van der Waals surface area contributed by atoms with Gasteiger partial charge in [-0.05, 0) is 19.3 Å². The zero-order valence-corrected chi connectivity index (χ0v) is 11.4. The Morgan fingerprint density at radius 3 is 3.05 bits per heavy atom. The third kappa shape index (κ3) is 2.27. The van der Waals surface area contributed by atoms with Crippen molar-refractivity contribution < 1.29 is 9.90 Å². The smallest absolute Gasteiger partial charge is 0.257 e. The van der Waals surface area contributed by atoms with E-state index in [9.17, 15) is 9.90 Å². The molecular weight excluding hydrogens is 242 g/mol. The lowest BCUT2D eigenvalue weighted by molar-refractivity contribution is -0.0886. The second kappa shape index (κ2) is 4.63. The van der Waals surface area contributed by atoms with Gasteiger partial charge in [0.1, 0.15) is 0 Å². The molecule has 0 spiro atoms. The monoisotopic (exact) mass is 263 g/mol. The van der Waals surface area contributed by atoms with Crippen LogP contribution in [0, 0.1) is 5.92 Å². The van der Waals surface area contributed by atoms with E-state index >= 15 is 0 Å². The number of hydrogen-bond acceptors (Lipinski definition) is 3. The number of hydrogen-bond donors (Lipinski definition) is 1. The molecule has 2 fully saturated rings. The first kappa shape index (κ1) is 12.7. The average molecular weight is 263 g/mol. The van der Waals surface area contributed by atoms with Gasteiger partial charge in [-0.25, -0.2) is 0 Å². The lowest BCUT2D eigenvalue weighted by Crippen LogP contribution is -2.54. The van der Waals surface area contributed by atoms with Crippen LogP contribution >= 0.6 is 0 Å². The van der Waals surface area contributed by atoms with Crippen LogP contribution in [-0.4, -0.2) is 44.4 Å². The lowest BCUT2D eigenvalue weighted by Gasteiger charge is -2.47. The third-order valence-corrected chi connectivity index (χ3v) is 4.67. The summed E-state index contributed by atoms with van der Waals surface area (Å²) in [6.45, 7) is 1.34. The number of carbonyl (C=O) groups excluding carboxylic acids is 1. The standard InChI is InChI=1S/C14H21N3O2/c1-16-9-11(8-15-16)13(18)17-7-6-14(19)5-3-2-4-12(14)10-17/h8-9,12,19H,2-7,10H2,1H3. The first-order chi connectivity index (χ1) is 9.08. The molecule has 0 radical (unpaired) electrons. The fourth-order valence-corrected chi connectivity index (χ4v) is 3.47. The molecule has 5 heteroatoms. The van der Waals surface area contributed by atoms with E-state index in [4.69, 9.17) is 0 Å². The SMILES string of the molecule is Cn1cc(C(=O)N2CCC3(O)CCCCC3C2)cn1. The Bertz CT molecular complexity index is 485. The Morgan fingerprint density at radius 1 is 1.47 bits per heavy atom. The fourth-order valence-electron chi connectivity index (χ4n) is 3.47. The molecule has 1 aromatic rings. The van der Waals surface area contributed by atoms with E-state index in [0.29, 0.717) is 25.1 Å². The summed E-state index contributed by atoms with van der Waals surface area (Å²) >= 11 is 0. The van der Waals surface area contributed by atoms with E-state index in [1.165, 1.54) is 6.42 Å². The molecule has 1 saturated heterocycles. The highest BCUT2D eigenvalue weighted by atomic mass is 16.3. The van der Waals surface area contributed by atoms with Gasteiger partial charge in [-0.15, -0.1) is 0 Å². The van der Waals surface area contributed by atoms with Crippen molar-refractivity contribution >= 4 is 5.91 Å². The minimum atomic E-state index is -0.524. The molecule has 1 aromatic heterocycles. The number of rotatable bonds is 1. The van der Waals surface area contributed by atoms with Crippen molar-refractivity contribution in [1.82, 2.24) is 14.7 Å². The van der Waals surface area contributed by atoms with Crippen molar-refractivity contribution in [3.05, 3.63) is 18.0 Å². The van der Waals surface area contributed by atoms with Crippen molar-refractivity contribution in [3.8, 4) is 0 Å². The van der Waals surface area contributed by atoms with Crippen LogP contribution in [0.5, 0.6) is 0 Å². The zero-order valence-electron chi connectivity index (χ0n) is 11.4. The van der Waals surface area contributed by atoms with Crippen LogP contribution in [-0.2, 0) is 7.05 Å². The molecule has 5 nitrogen and oxygen atoms in total. The van der Waals surface area contributed by atoms with Crippen molar-refractivity contribution in [1.29, 1.82) is 0 Å². The Labute approximate surface area is 113 Å². The molecule has 1 saturated carbocycles. The largest absolute Gasteiger partial charge is 0.389 e. The molecule has 19 heavy (non-hydrogen) atoms. The Balaban J connectivity index is 1.72. The summed E-state index contributed by atoms with van der Waals surface area (Å²) < 4.78 is 1.65. The predicted octanol–water partition coefficient (Wildman–Crippen LogP) is 1.19. The van der Waals surface area contributed by atoms with Gasteiger partial charge >= 0.3 is 0 Å². The fraction of sp³-hybridized carbons (Fsp3) is 0.714. The number of likely N-dealkylation sites (tertiary alicyclic amines) is 1. The quantitative estimate of drug-likeness (QED) is 0.828.